The summed E-state index contributed by atoms with van der Waals surface area (Å²) in [7, 11) is 1.77. The maximum absolute atomic E-state index is 13.2. The number of aryl methyl sites for hydroxylation is 1. The zero-order chi connectivity index (χ0) is 14.5. The van der Waals surface area contributed by atoms with Gasteiger partial charge in [0.15, 0.2) is 5.82 Å². The van der Waals surface area contributed by atoms with E-state index in [-0.39, 0.29) is 12.1 Å². The number of carbonyl (C=O) groups is 1. The Morgan fingerprint density at radius 2 is 2.30 bits per heavy atom. The van der Waals surface area contributed by atoms with Crippen molar-refractivity contribution in [3.63, 3.8) is 0 Å². The molecule has 0 unspecified atom stereocenters. The fraction of sp³-hybridized carbons (Fsp3) is 0.333. The van der Waals surface area contributed by atoms with E-state index < -0.39 is 11.7 Å². The molecule has 0 radical (unpaired) electrons. The minimum atomic E-state index is -0.560. The van der Waals surface area contributed by atoms with Crippen molar-refractivity contribution in [3.8, 4) is 0 Å². The highest BCUT2D eigenvalue weighted by atomic mass is 19.1. The highest BCUT2D eigenvalue weighted by Gasteiger charge is 2.14. The molecule has 0 saturated heterocycles. The van der Waals surface area contributed by atoms with Crippen LogP contribution in [-0.4, -0.2) is 32.2 Å². The Labute approximate surface area is 115 Å². The van der Waals surface area contributed by atoms with Crippen molar-refractivity contribution in [2.45, 2.75) is 13.5 Å². The van der Waals surface area contributed by atoms with Crippen molar-refractivity contribution < 1.29 is 9.18 Å². The first-order valence-corrected chi connectivity index (χ1v) is 6.12. The molecule has 0 fully saturated rings. The molecular formula is C12H15FN6O. The molecule has 2 aromatic heterocycles. The molecule has 0 bridgehead atoms. The van der Waals surface area contributed by atoms with Gasteiger partial charge in [0.05, 0.1) is 18.3 Å². The van der Waals surface area contributed by atoms with Gasteiger partial charge in [-0.2, -0.15) is 0 Å². The lowest BCUT2D eigenvalue weighted by atomic mass is 10.2. The quantitative estimate of drug-likeness (QED) is 0.841. The van der Waals surface area contributed by atoms with Gasteiger partial charge in [-0.05, 0) is 13.0 Å². The first kappa shape index (κ1) is 13.9. The Balaban J connectivity index is 2.12. The topological polar surface area (TPSA) is 84.7 Å². The molecule has 2 aromatic rings. The Kier molecular flexibility index (Phi) is 4.24. The number of nitrogens with zero attached hydrogens (tertiary/aromatic N) is 4. The molecule has 8 heteroatoms. The number of hydrogen-bond donors (Lipinski definition) is 2. The van der Waals surface area contributed by atoms with Crippen LogP contribution >= 0.6 is 0 Å². The van der Waals surface area contributed by atoms with Gasteiger partial charge >= 0.3 is 0 Å². The normalized spacial score (nSPS) is 10.3. The maximum atomic E-state index is 13.2. The predicted octanol–water partition coefficient (Wildman–Crippen LogP) is 0.711. The third-order valence-corrected chi connectivity index (χ3v) is 2.66. The average molecular weight is 278 g/mol. The van der Waals surface area contributed by atoms with E-state index in [0.29, 0.717) is 18.2 Å². The second-order valence-corrected chi connectivity index (χ2v) is 4.12. The Hall–Kier alpha value is -2.51. The average Bonchev–Trinajstić information content (AvgIpc) is 2.84. The largest absolute Gasteiger partial charge is 0.370 e. The SMILES string of the molecule is CCNc1ncc(F)cc1C(=O)NCc1nncn1C. The number of rotatable bonds is 5. The van der Waals surface area contributed by atoms with Gasteiger partial charge in [0.2, 0.25) is 0 Å². The Morgan fingerprint density at radius 1 is 1.50 bits per heavy atom. The van der Waals surface area contributed by atoms with E-state index >= 15 is 0 Å². The standard InChI is InChI=1S/C12H15FN6O/c1-3-14-11-9(4-8(13)5-15-11)12(20)16-6-10-18-17-7-19(10)2/h4-5,7H,3,6H2,1-2H3,(H,14,15)(H,16,20). The second-order valence-electron chi connectivity index (χ2n) is 4.12. The van der Waals surface area contributed by atoms with Crippen LogP contribution in [0.1, 0.15) is 23.1 Å². The molecule has 0 aromatic carbocycles. The van der Waals surface area contributed by atoms with Crippen LogP contribution in [0.4, 0.5) is 10.2 Å². The third kappa shape index (κ3) is 3.08. The molecule has 20 heavy (non-hydrogen) atoms. The Bertz CT molecular complexity index is 612. The molecule has 106 valence electrons. The van der Waals surface area contributed by atoms with Gasteiger partial charge in [-0.25, -0.2) is 9.37 Å². The molecule has 2 N–H and O–H groups in total. The van der Waals surface area contributed by atoms with Crippen LogP contribution < -0.4 is 10.6 Å². The summed E-state index contributed by atoms with van der Waals surface area (Å²) < 4.78 is 14.9. The van der Waals surface area contributed by atoms with Crippen LogP contribution in [0.3, 0.4) is 0 Å². The highest BCUT2D eigenvalue weighted by molar-refractivity contribution is 5.98. The molecule has 0 saturated carbocycles. The number of aromatic nitrogens is 4. The number of halogens is 1. The minimum Gasteiger partial charge on any atom is -0.370 e. The van der Waals surface area contributed by atoms with Crippen molar-refractivity contribution in [1.29, 1.82) is 0 Å². The summed E-state index contributed by atoms with van der Waals surface area (Å²) in [5, 5.41) is 13.1. The summed E-state index contributed by atoms with van der Waals surface area (Å²) in [6, 6.07) is 1.15. The molecule has 0 spiro atoms. The number of pyridine rings is 1. The van der Waals surface area contributed by atoms with E-state index in [4.69, 9.17) is 0 Å². The molecule has 0 aliphatic carbocycles. The van der Waals surface area contributed by atoms with Crippen molar-refractivity contribution in [2.75, 3.05) is 11.9 Å². The summed E-state index contributed by atoms with van der Waals surface area (Å²) in [4.78, 5) is 16.0. The lowest BCUT2D eigenvalue weighted by molar-refractivity contribution is 0.0949. The van der Waals surface area contributed by atoms with Crippen LogP contribution in [0.2, 0.25) is 0 Å². The summed E-state index contributed by atoms with van der Waals surface area (Å²) >= 11 is 0. The number of nitrogens with one attached hydrogen (secondary N) is 2. The zero-order valence-corrected chi connectivity index (χ0v) is 11.2. The summed E-state index contributed by atoms with van der Waals surface area (Å²) in [5.74, 6) is -0.0245. The molecule has 0 aliphatic heterocycles. The Morgan fingerprint density at radius 3 is 2.95 bits per heavy atom. The van der Waals surface area contributed by atoms with Gasteiger partial charge in [0.1, 0.15) is 18.0 Å². The van der Waals surface area contributed by atoms with Crippen molar-refractivity contribution >= 4 is 11.7 Å². The molecule has 2 rings (SSSR count). The van der Waals surface area contributed by atoms with E-state index in [2.05, 4.69) is 25.8 Å². The minimum absolute atomic E-state index is 0.161. The zero-order valence-electron chi connectivity index (χ0n) is 11.2. The maximum Gasteiger partial charge on any atom is 0.255 e. The van der Waals surface area contributed by atoms with Crippen molar-refractivity contribution in [2.24, 2.45) is 7.05 Å². The van der Waals surface area contributed by atoms with Crippen LogP contribution in [0.15, 0.2) is 18.6 Å². The second kappa shape index (κ2) is 6.09. The van der Waals surface area contributed by atoms with E-state index in [1.54, 1.807) is 11.6 Å². The fourth-order valence-corrected chi connectivity index (χ4v) is 1.64. The van der Waals surface area contributed by atoms with Gasteiger partial charge < -0.3 is 15.2 Å². The lowest BCUT2D eigenvalue weighted by Crippen LogP contribution is -2.26. The number of amides is 1. The summed E-state index contributed by atoms with van der Waals surface area (Å²) in [5.41, 5.74) is 0.161. The number of hydrogen-bond acceptors (Lipinski definition) is 5. The van der Waals surface area contributed by atoms with Crippen LogP contribution in [-0.2, 0) is 13.6 Å². The fourth-order valence-electron chi connectivity index (χ4n) is 1.64. The molecule has 1 amide bonds. The summed E-state index contributed by atoms with van der Waals surface area (Å²) in [6.07, 6.45) is 2.60. The van der Waals surface area contributed by atoms with Gasteiger partial charge in [0.25, 0.3) is 5.91 Å². The number of carbonyl (C=O) groups excluding carboxylic acids is 1. The molecule has 0 aliphatic rings. The van der Waals surface area contributed by atoms with Gasteiger partial charge in [0, 0.05) is 13.6 Å². The van der Waals surface area contributed by atoms with Crippen LogP contribution in [0.5, 0.6) is 0 Å². The summed E-state index contributed by atoms with van der Waals surface area (Å²) in [6.45, 7) is 2.66. The molecule has 7 nitrogen and oxygen atoms in total. The molecular weight excluding hydrogens is 263 g/mol. The first-order chi connectivity index (χ1) is 9.61. The van der Waals surface area contributed by atoms with Gasteiger partial charge in [-0.3, -0.25) is 4.79 Å². The van der Waals surface area contributed by atoms with E-state index in [0.717, 1.165) is 12.3 Å². The predicted molar refractivity (Wildman–Crippen MR) is 70.5 cm³/mol. The molecule has 2 heterocycles. The number of anilines is 1. The van der Waals surface area contributed by atoms with E-state index in [1.807, 2.05) is 6.92 Å². The first-order valence-electron chi connectivity index (χ1n) is 6.12. The highest BCUT2D eigenvalue weighted by Crippen LogP contribution is 2.13. The van der Waals surface area contributed by atoms with E-state index in [9.17, 15) is 9.18 Å². The smallest absolute Gasteiger partial charge is 0.255 e. The van der Waals surface area contributed by atoms with Gasteiger partial charge in [-0.15, -0.1) is 10.2 Å². The third-order valence-electron chi connectivity index (χ3n) is 2.66. The van der Waals surface area contributed by atoms with Gasteiger partial charge in [-0.1, -0.05) is 0 Å². The lowest BCUT2D eigenvalue weighted by Gasteiger charge is -2.10. The van der Waals surface area contributed by atoms with Crippen molar-refractivity contribution in [3.05, 3.63) is 35.8 Å². The monoisotopic (exact) mass is 278 g/mol. The van der Waals surface area contributed by atoms with Crippen molar-refractivity contribution in [1.82, 2.24) is 25.1 Å². The van der Waals surface area contributed by atoms with Crippen LogP contribution in [0.25, 0.3) is 0 Å². The molecule has 0 atom stereocenters. The van der Waals surface area contributed by atoms with E-state index in [1.165, 1.54) is 6.33 Å². The van der Waals surface area contributed by atoms with Crippen LogP contribution in [0, 0.1) is 5.82 Å².